The molecule has 11 nitrogen and oxygen atoms in total. The van der Waals surface area contributed by atoms with Gasteiger partial charge in [-0.05, 0) is 58.6 Å². The maximum absolute atomic E-state index is 14.5. The first kappa shape index (κ1) is 32.5. The molecule has 0 bridgehead atoms. The first-order chi connectivity index (χ1) is 22.0. The number of rotatable bonds is 14. The van der Waals surface area contributed by atoms with E-state index < -0.39 is 11.6 Å². The Bertz CT molecular complexity index is 1510. The highest BCUT2D eigenvalue weighted by atomic mass is 79.9. The smallest absolute Gasteiger partial charge is 0.252 e. The molecule has 236 valence electrons. The summed E-state index contributed by atoms with van der Waals surface area (Å²) in [5, 5.41) is 16.0. The number of aliphatic hydroxyl groups is 1. The molecule has 2 N–H and O–H groups in total. The number of nitrogens with one attached hydrogen (secondary N) is 1. The lowest BCUT2D eigenvalue weighted by Gasteiger charge is -2.32. The van der Waals surface area contributed by atoms with Gasteiger partial charge >= 0.3 is 0 Å². The van der Waals surface area contributed by atoms with Gasteiger partial charge in [0.05, 0.1) is 26.4 Å². The molecule has 0 unspecified atom stereocenters. The number of halogens is 1. The molecule has 45 heavy (non-hydrogen) atoms. The number of carbonyl (C=O) groups excluding carboxylic acids is 1. The number of benzene rings is 3. The molecule has 0 spiro atoms. The lowest BCUT2D eigenvalue weighted by molar-refractivity contribution is -0.129. The maximum Gasteiger partial charge on any atom is 0.252 e. The number of azide groups is 1. The van der Waals surface area contributed by atoms with E-state index in [1.54, 1.807) is 0 Å². The average Bonchev–Trinajstić information content (AvgIpc) is 3.46. The minimum atomic E-state index is -1.36. The number of aliphatic imine (C=N–C) groups is 1. The predicted octanol–water partition coefficient (Wildman–Crippen LogP) is 4.97. The topological polar surface area (TPSA) is 141 Å². The summed E-state index contributed by atoms with van der Waals surface area (Å²) in [5.41, 5.74) is 10.8. The number of morpholine rings is 1. The zero-order chi connectivity index (χ0) is 31.5. The zero-order valence-corrected chi connectivity index (χ0v) is 26.6. The Kier molecular flexibility index (Phi) is 11.5. The number of amides is 1. The van der Waals surface area contributed by atoms with Crippen LogP contribution in [0.15, 0.2) is 87.4 Å². The third-order valence-electron chi connectivity index (χ3n) is 7.90. The molecule has 2 aliphatic heterocycles. The fourth-order valence-corrected chi connectivity index (χ4v) is 5.77. The Labute approximate surface area is 271 Å². The third kappa shape index (κ3) is 8.22. The van der Waals surface area contributed by atoms with Crippen LogP contribution in [0.2, 0.25) is 0 Å². The molecule has 0 aliphatic carbocycles. The SMILES string of the molecule is [N-]=[N+]=NCc1ccccc1C[C@@]1(C(=O)NCCN2CCOCC2)N=C(c2ccc(OCCCO)cc2)O[C@@H]1c1ccc(Br)cc1. The van der Waals surface area contributed by atoms with Crippen LogP contribution in [-0.2, 0) is 27.2 Å². The lowest BCUT2D eigenvalue weighted by Crippen LogP contribution is -2.52. The van der Waals surface area contributed by atoms with Crippen LogP contribution in [0.4, 0.5) is 0 Å². The first-order valence-electron chi connectivity index (χ1n) is 15.0. The van der Waals surface area contributed by atoms with Gasteiger partial charge in [-0.2, -0.15) is 0 Å². The van der Waals surface area contributed by atoms with Gasteiger partial charge in [0.1, 0.15) is 5.75 Å². The predicted molar refractivity (Wildman–Crippen MR) is 174 cm³/mol. The van der Waals surface area contributed by atoms with Crippen molar-refractivity contribution in [3.63, 3.8) is 0 Å². The van der Waals surface area contributed by atoms with Crippen LogP contribution in [-0.4, -0.2) is 80.0 Å². The summed E-state index contributed by atoms with van der Waals surface area (Å²) in [6.07, 6.45) is 0.0219. The van der Waals surface area contributed by atoms with Crippen LogP contribution in [0.1, 0.15) is 34.8 Å². The third-order valence-corrected chi connectivity index (χ3v) is 8.43. The number of carbonyl (C=O) groups is 1. The summed E-state index contributed by atoms with van der Waals surface area (Å²) in [6.45, 7) is 4.75. The van der Waals surface area contributed by atoms with Crippen molar-refractivity contribution in [2.24, 2.45) is 10.1 Å². The maximum atomic E-state index is 14.5. The van der Waals surface area contributed by atoms with E-state index in [-0.39, 0.29) is 25.5 Å². The summed E-state index contributed by atoms with van der Waals surface area (Å²) in [4.78, 5) is 24.8. The van der Waals surface area contributed by atoms with E-state index in [0.29, 0.717) is 56.5 Å². The Morgan fingerprint density at radius 2 is 1.84 bits per heavy atom. The molecule has 1 fully saturated rings. The summed E-state index contributed by atoms with van der Waals surface area (Å²) < 4.78 is 18.7. The largest absolute Gasteiger partial charge is 0.494 e. The molecular formula is C33H37BrN6O5. The minimum Gasteiger partial charge on any atom is -0.494 e. The highest BCUT2D eigenvalue weighted by molar-refractivity contribution is 9.10. The Morgan fingerprint density at radius 1 is 1.11 bits per heavy atom. The normalized spacial score (nSPS) is 19.7. The molecule has 3 aromatic rings. The number of ether oxygens (including phenoxy) is 3. The van der Waals surface area contributed by atoms with Gasteiger partial charge in [0, 0.05) is 60.6 Å². The van der Waals surface area contributed by atoms with Gasteiger partial charge in [-0.25, -0.2) is 4.99 Å². The minimum absolute atomic E-state index is 0.0583. The highest BCUT2D eigenvalue weighted by Gasteiger charge is 2.53. The quantitative estimate of drug-likeness (QED) is 0.107. The molecule has 12 heteroatoms. The van der Waals surface area contributed by atoms with Crippen LogP contribution < -0.4 is 10.1 Å². The lowest BCUT2D eigenvalue weighted by atomic mass is 9.81. The number of nitrogens with zero attached hydrogens (tertiary/aromatic N) is 5. The van der Waals surface area contributed by atoms with E-state index in [0.717, 1.165) is 34.3 Å². The van der Waals surface area contributed by atoms with Crippen molar-refractivity contribution in [1.29, 1.82) is 0 Å². The molecule has 1 amide bonds. The van der Waals surface area contributed by atoms with Crippen molar-refractivity contribution >= 4 is 27.7 Å². The molecule has 2 atom stereocenters. The fourth-order valence-electron chi connectivity index (χ4n) is 5.51. The van der Waals surface area contributed by atoms with Crippen molar-refractivity contribution < 1.29 is 24.1 Å². The second-order valence-electron chi connectivity index (χ2n) is 10.9. The fraction of sp³-hybridized carbons (Fsp3) is 0.394. The van der Waals surface area contributed by atoms with Gasteiger partial charge in [0.25, 0.3) is 5.91 Å². The van der Waals surface area contributed by atoms with Gasteiger partial charge in [-0.1, -0.05) is 57.4 Å². The summed E-state index contributed by atoms with van der Waals surface area (Å²) >= 11 is 3.52. The van der Waals surface area contributed by atoms with Crippen molar-refractivity contribution in [3.8, 4) is 5.75 Å². The van der Waals surface area contributed by atoms with Crippen molar-refractivity contribution in [2.45, 2.75) is 31.0 Å². The monoisotopic (exact) mass is 676 g/mol. The Hall–Kier alpha value is -3.93. The average molecular weight is 678 g/mol. The van der Waals surface area contributed by atoms with Crippen LogP contribution in [0.25, 0.3) is 10.4 Å². The summed E-state index contributed by atoms with van der Waals surface area (Å²) in [7, 11) is 0. The standard InChI is InChI=1S/C33H37BrN6O5/c34-28-10-6-24(7-11-28)30-33(22-26-4-1-2-5-27(26)23-37-39-35,32(42)36-14-15-40-16-20-43-21-17-40)38-31(45-30)25-8-12-29(13-9-25)44-19-3-18-41/h1-2,4-13,30,41H,3,14-23H2,(H,36,42)/t30-,33-/m1/s1. The van der Waals surface area contributed by atoms with E-state index in [1.165, 1.54) is 0 Å². The van der Waals surface area contributed by atoms with Crippen LogP contribution in [0, 0.1) is 0 Å². The van der Waals surface area contributed by atoms with E-state index in [9.17, 15) is 4.79 Å². The van der Waals surface area contributed by atoms with E-state index >= 15 is 0 Å². The molecule has 5 rings (SSSR count). The van der Waals surface area contributed by atoms with E-state index in [1.807, 2.05) is 72.8 Å². The second kappa shape index (κ2) is 15.9. The van der Waals surface area contributed by atoms with Gasteiger partial charge in [0.15, 0.2) is 11.6 Å². The second-order valence-corrected chi connectivity index (χ2v) is 11.8. The molecule has 0 radical (unpaired) electrons. The van der Waals surface area contributed by atoms with Gasteiger partial charge in [0.2, 0.25) is 5.90 Å². The van der Waals surface area contributed by atoms with Crippen LogP contribution >= 0.6 is 15.9 Å². The van der Waals surface area contributed by atoms with Crippen LogP contribution in [0.3, 0.4) is 0 Å². The molecule has 0 saturated carbocycles. The summed E-state index contributed by atoms with van der Waals surface area (Å²) in [5.74, 6) is 0.760. The van der Waals surface area contributed by atoms with Crippen molar-refractivity contribution in [3.05, 3.63) is 110 Å². The molecule has 1 saturated heterocycles. The number of hydrogen-bond donors (Lipinski definition) is 2. The number of hydrogen-bond acceptors (Lipinski definition) is 8. The van der Waals surface area contributed by atoms with Crippen molar-refractivity contribution in [2.75, 3.05) is 52.6 Å². The van der Waals surface area contributed by atoms with Crippen molar-refractivity contribution in [1.82, 2.24) is 10.2 Å². The van der Waals surface area contributed by atoms with Crippen LogP contribution in [0.5, 0.6) is 5.75 Å². The van der Waals surface area contributed by atoms with E-state index in [4.69, 9.17) is 29.8 Å². The highest BCUT2D eigenvalue weighted by Crippen LogP contribution is 2.43. The molecule has 3 aromatic carbocycles. The molecule has 2 heterocycles. The van der Waals surface area contributed by atoms with Gasteiger partial charge < -0.3 is 24.6 Å². The van der Waals surface area contributed by atoms with Gasteiger partial charge in [-0.3, -0.25) is 9.69 Å². The van der Waals surface area contributed by atoms with Gasteiger partial charge in [-0.15, -0.1) is 0 Å². The molecular weight excluding hydrogens is 640 g/mol. The molecule has 2 aliphatic rings. The Balaban J connectivity index is 1.53. The first-order valence-corrected chi connectivity index (χ1v) is 15.8. The summed E-state index contributed by atoms with van der Waals surface area (Å²) in [6, 6.07) is 22.7. The number of aliphatic hydroxyl groups excluding tert-OH is 1. The Morgan fingerprint density at radius 3 is 2.56 bits per heavy atom. The van der Waals surface area contributed by atoms with E-state index in [2.05, 4.69) is 36.2 Å². The molecule has 0 aromatic heterocycles. The zero-order valence-electron chi connectivity index (χ0n) is 25.0.